The van der Waals surface area contributed by atoms with Gasteiger partial charge in [0.2, 0.25) is 11.8 Å². The molecule has 0 bridgehead atoms. The van der Waals surface area contributed by atoms with E-state index in [4.69, 9.17) is 4.74 Å². The van der Waals surface area contributed by atoms with Crippen molar-refractivity contribution in [3.8, 4) is 22.4 Å². The number of carbonyl (C=O) groups excluding carboxylic acids is 4. The van der Waals surface area contributed by atoms with Gasteiger partial charge in [-0.2, -0.15) is 0 Å². The monoisotopic (exact) mass is 760 g/mol. The van der Waals surface area contributed by atoms with Crippen LogP contribution in [0, 0.1) is 17.3 Å². The first-order chi connectivity index (χ1) is 26.8. The van der Waals surface area contributed by atoms with Gasteiger partial charge in [0.05, 0.1) is 30.6 Å². The zero-order valence-electron chi connectivity index (χ0n) is 33.0. The van der Waals surface area contributed by atoms with Gasteiger partial charge in [-0.25, -0.2) is 14.8 Å². The molecule has 4 aromatic rings. The van der Waals surface area contributed by atoms with Crippen LogP contribution >= 0.6 is 0 Å². The van der Waals surface area contributed by atoms with Gasteiger partial charge in [-0.15, -0.1) is 0 Å². The highest BCUT2D eigenvalue weighted by Crippen LogP contribution is 2.52. The molecule has 294 valence electrons. The number of benzene rings is 2. The first-order valence-corrected chi connectivity index (χ1v) is 19.6. The Bertz CT molecular complexity index is 2060. The summed E-state index contributed by atoms with van der Waals surface area (Å²) in [6, 6.07) is 18.8. The molecule has 4 atom stereocenters. The van der Waals surface area contributed by atoms with Gasteiger partial charge < -0.3 is 35.1 Å². The van der Waals surface area contributed by atoms with Gasteiger partial charge in [0.25, 0.3) is 5.91 Å². The molecular formula is C43H52N8O5. The quantitative estimate of drug-likeness (QED) is 0.165. The highest BCUT2D eigenvalue weighted by atomic mass is 16.5. The summed E-state index contributed by atoms with van der Waals surface area (Å²) in [6.07, 6.45) is 5.36. The normalized spacial score (nSPS) is 20.8. The molecule has 13 heteroatoms. The minimum atomic E-state index is -0.688. The third-order valence-electron chi connectivity index (χ3n) is 11.6. The van der Waals surface area contributed by atoms with Crippen LogP contribution in [0.5, 0.6) is 0 Å². The molecule has 56 heavy (non-hydrogen) atoms. The number of methoxy groups -OCH3 is 1. The number of alkyl carbamates (subject to hydrolysis) is 1. The number of hydrogen-bond donors (Lipinski definition) is 3. The van der Waals surface area contributed by atoms with Crippen molar-refractivity contribution in [2.75, 3.05) is 43.5 Å². The van der Waals surface area contributed by atoms with Crippen LogP contribution in [0.25, 0.3) is 22.4 Å². The van der Waals surface area contributed by atoms with E-state index in [9.17, 15) is 19.2 Å². The molecule has 13 nitrogen and oxygen atoms in total. The standard InChI is InChI=1S/C43H52N8O5/c1-26(2)37(48-42(55)56-6)41(54)51-19-7-8-35(51)38-45-24-34(47-38)30-11-9-28(10-12-30)29-13-16-32(17-14-29)46-39(52)31-15-18-36(44-23-31)50-21-20-49(25-27(50)3)40(53)33-22-43(33,4)5/h9-18,23-24,26-27,33,35,37H,7-8,19-22,25H2,1-6H3,(H,45,47)(H,46,52)(H,48,55). The van der Waals surface area contributed by atoms with Crippen molar-refractivity contribution >= 4 is 35.3 Å². The number of carbonyl (C=O) groups is 4. The Kier molecular flexibility index (Phi) is 10.9. The van der Waals surface area contributed by atoms with Crippen molar-refractivity contribution in [1.29, 1.82) is 0 Å². The van der Waals surface area contributed by atoms with Crippen LogP contribution in [0.3, 0.4) is 0 Å². The number of rotatable bonds is 10. The van der Waals surface area contributed by atoms with Gasteiger partial charge in [-0.05, 0) is 78.5 Å². The van der Waals surface area contributed by atoms with E-state index >= 15 is 0 Å². The molecule has 4 heterocycles. The summed E-state index contributed by atoms with van der Waals surface area (Å²) in [5.74, 6) is 1.44. The van der Waals surface area contributed by atoms with E-state index in [2.05, 4.69) is 51.3 Å². The Morgan fingerprint density at radius 3 is 2.18 bits per heavy atom. The molecule has 2 aromatic heterocycles. The maximum Gasteiger partial charge on any atom is 0.407 e. The van der Waals surface area contributed by atoms with Gasteiger partial charge in [-0.1, -0.05) is 64.1 Å². The number of hydrogen-bond acceptors (Lipinski definition) is 8. The first kappa shape index (κ1) is 38.6. The number of pyridine rings is 1. The van der Waals surface area contributed by atoms with Crippen molar-refractivity contribution in [3.63, 3.8) is 0 Å². The molecule has 2 saturated heterocycles. The van der Waals surface area contributed by atoms with Crippen LogP contribution in [0.2, 0.25) is 0 Å². The Morgan fingerprint density at radius 1 is 0.893 bits per heavy atom. The predicted octanol–water partition coefficient (Wildman–Crippen LogP) is 6.52. The average Bonchev–Trinajstić information content (AvgIpc) is 3.54. The molecule has 3 fully saturated rings. The fourth-order valence-corrected chi connectivity index (χ4v) is 7.93. The second-order valence-electron chi connectivity index (χ2n) is 16.3. The van der Waals surface area contributed by atoms with Crippen molar-refractivity contribution in [3.05, 3.63) is 84.4 Å². The maximum atomic E-state index is 13.5. The molecule has 0 radical (unpaired) electrons. The highest BCUT2D eigenvalue weighted by Gasteiger charge is 2.52. The minimum Gasteiger partial charge on any atom is -0.453 e. The van der Waals surface area contributed by atoms with Gasteiger partial charge in [0, 0.05) is 50.0 Å². The van der Waals surface area contributed by atoms with Gasteiger partial charge >= 0.3 is 6.09 Å². The summed E-state index contributed by atoms with van der Waals surface area (Å²) in [5.41, 5.74) is 5.10. The summed E-state index contributed by atoms with van der Waals surface area (Å²) in [6.45, 7) is 12.9. The average molecular weight is 761 g/mol. The van der Waals surface area contributed by atoms with E-state index in [1.54, 1.807) is 23.4 Å². The number of likely N-dealkylation sites (tertiary alicyclic amines) is 1. The van der Waals surface area contributed by atoms with Crippen molar-refractivity contribution < 1.29 is 23.9 Å². The number of nitrogens with zero attached hydrogens (tertiary/aromatic N) is 5. The fraction of sp³-hybridized carbons (Fsp3) is 0.442. The van der Waals surface area contributed by atoms with Crippen molar-refractivity contribution in [1.82, 2.24) is 30.1 Å². The molecule has 7 rings (SSSR count). The lowest BCUT2D eigenvalue weighted by atomic mass is 10.0. The minimum absolute atomic E-state index is 0.105. The van der Waals surface area contributed by atoms with Gasteiger partial charge in [-0.3, -0.25) is 14.4 Å². The molecule has 3 N–H and O–H groups in total. The van der Waals surface area contributed by atoms with E-state index in [-0.39, 0.29) is 47.1 Å². The Hall–Kier alpha value is -5.72. The third kappa shape index (κ3) is 8.12. The summed E-state index contributed by atoms with van der Waals surface area (Å²) >= 11 is 0. The maximum absolute atomic E-state index is 13.5. The van der Waals surface area contributed by atoms with E-state index in [1.165, 1.54) is 7.11 Å². The van der Waals surface area contributed by atoms with Crippen LogP contribution in [0.1, 0.15) is 76.1 Å². The smallest absolute Gasteiger partial charge is 0.407 e. The summed E-state index contributed by atoms with van der Waals surface area (Å²) in [4.78, 5) is 70.2. The molecule has 4 amide bonds. The number of H-pyrrole nitrogens is 1. The van der Waals surface area contributed by atoms with E-state index < -0.39 is 12.1 Å². The Balaban J connectivity index is 0.929. The number of amides is 4. The van der Waals surface area contributed by atoms with Crippen LogP contribution in [-0.2, 0) is 14.3 Å². The molecule has 3 aliphatic rings. The van der Waals surface area contributed by atoms with E-state index in [1.807, 2.05) is 73.3 Å². The second-order valence-corrected chi connectivity index (χ2v) is 16.3. The summed E-state index contributed by atoms with van der Waals surface area (Å²) in [5, 5.41) is 5.67. The number of nitrogens with one attached hydrogen (secondary N) is 3. The highest BCUT2D eigenvalue weighted by molar-refractivity contribution is 6.04. The van der Waals surface area contributed by atoms with E-state index in [0.717, 1.165) is 53.3 Å². The number of aromatic nitrogens is 3. The Labute approximate surface area is 328 Å². The van der Waals surface area contributed by atoms with E-state index in [0.29, 0.717) is 37.4 Å². The number of piperazine rings is 1. The number of imidazole rings is 1. The molecule has 2 aromatic carbocycles. The SMILES string of the molecule is COC(=O)NC(C(=O)N1CCCC1c1ncc(-c2ccc(-c3ccc(NC(=O)c4ccc(N5CCN(C(=O)C6CC6(C)C)CC5C)nc4)cc3)cc2)[nH]1)C(C)C. The molecule has 4 unspecified atom stereocenters. The fourth-order valence-electron chi connectivity index (χ4n) is 7.93. The lowest BCUT2D eigenvalue weighted by Crippen LogP contribution is -2.54. The topological polar surface area (TPSA) is 153 Å². The summed E-state index contributed by atoms with van der Waals surface area (Å²) in [7, 11) is 1.29. The van der Waals surface area contributed by atoms with Crippen molar-refractivity contribution in [2.24, 2.45) is 17.3 Å². The summed E-state index contributed by atoms with van der Waals surface area (Å²) < 4.78 is 4.75. The van der Waals surface area contributed by atoms with Crippen LogP contribution < -0.4 is 15.5 Å². The number of aromatic amines is 1. The number of anilines is 2. The van der Waals surface area contributed by atoms with Crippen LogP contribution in [-0.4, -0.2) is 93.9 Å². The third-order valence-corrected chi connectivity index (χ3v) is 11.6. The van der Waals surface area contributed by atoms with Crippen LogP contribution in [0.15, 0.2) is 73.1 Å². The molecular weight excluding hydrogens is 709 g/mol. The van der Waals surface area contributed by atoms with Crippen molar-refractivity contribution in [2.45, 2.75) is 72.0 Å². The zero-order valence-corrected chi connectivity index (χ0v) is 33.0. The van der Waals surface area contributed by atoms with Gasteiger partial charge in [0.1, 0.15) is 17.7 Å². The lowest BCUT2D eigenvalue weighted by Gasteiger charge is -2.40. The molecule has 2 aliphatic heterocycles. The molecule has 1 saturated carbocycles. The Morgan fingerprint density at radius 2 is 1.57 bits per heavy atom. The predicted molar refractivity (Wildman–Crippen MR) is 215 cm³/mol. The lowest BCUT2D eigenvalue weighted by molar-refractivity contribution is -0.135. The first-order valence-electron chi connectivity index (χ1n) is 19.6. The molecule has 1 aliphatic carbocycles. The zero-order chi connectivity index (χ0) is 39.7. The number of ether oxygens (including phenoxy) is 1. The molecule has 0 spiro atoms. The van der Waals surface area contributed by atoms with Gasteiger partial charge in [0.15, 0.2) is 0 Å². The largest absolute Gasteiger partial charge is 0.453 e. The second kappa shape index (κ2) is 15.8. The van der Waals surface area contributed by atoms with Crippen LogP contribution in [0.4, 0.5) is 16.3 Å².